The molecule has 0 aliphatic heterocycles. The van der Waals surface area contributed by atoms with E-state index < -0.39 is 5.97 Å². The van der Waals surface area contributed by atoms with E-state index in [1.54, 1.807) is 0 Å². The highest BCUT2D eigenvalue weighted by Crippen LogP contribution is 2.09. The van der Waals surface area contributed by atoms with Gasteiger partial charge in [0.05, 0.1) is 5.71 Å². The second kappa shape index (κ2) is 5.85. The molecular formula is C13H15NO2. The highest BCUT2D eigenvalue weighted by Gasteiger charge is 2.05. The molecule has 3 nitrogen and oxygen atoms in total. The van der Waals surface area contributed by atoms with Gasteiger partial charge in [-0.2, -0.15) is 0 Å². The third kappa shape index (κ3) is 4.09. The third-order valence-corrected chi connectivity index (χ3v) is 1.86. The summed E-state index contributed by atoms with van der Waals surface area (Å²) in [7, 11) is 0. The van der Waals surface area contributed by atoms with Gasteiger partial charge < -0.3 is 4.84 Å². The fraction of sp³-hybridized carbons (Fsp3) is 0.231. The molecule has 0 saturated carbocycles. The van der Waals surface area contributed by atoms with Crippen molar-refractivity contribution in [2.75, 3.05) is 0 Å². The number of allylic oxidation sites excluding steroid dienone is 1. The highest BCUT2D eigenvalue weighted by atomic mass is 16.7. The predicted octanol–water partition coefficient (Wildman–Crippen LogP) is 2.92. The molecule has 0 heterocycles. The van der Waals surface area contributed by atoms with Gasteiger partial charge in [0.15, 0.2) is 0 Å². The molecule has 0 aliphatic rings. The molecule has 0 spiro atoms. The predicted molar refractivity (Wildman–Crippen MR) is 64.2 cm³/mol. The molecule has 0 aromatic heterocycles. The summed E-state index contributed by atoms with van der Waals surface area (Å²) in [5.74, 6) is -0.421. The molecule has 0 N–H and O–H groups in total. The Morgan fingerprint density at radius 2 is 1.94 bits per heavy atom. The van der Waals surface area contributed by atoms with Crippen LogP contribution in [-0.2, 0) is 9.63 Å². The van der Waals surface area contributed by atoms with Crippen molar-refractivity contribution in [2.45, 2.75) is 20.3 Å². The van der Waals surface area contributed by atoms with Crippen molar-refractivity contribution in [1.82, 2.24) is 0 Å². The molecule has 0 aliphatic carbocycles. The van der Waals surface area contributed by atoms with Crippen LogP contribution in [0.2, 0.25) is 0 Å². The van der Waals surface area contributed by atoms with E-state index in [1.807, 2.05) is 37.3 Å². The lowest BCUT2D eigenvalue weighted by molar-refractivity contribution is -0.140. The molecule has 0 bridgehead atoms. The van der Waals surface area contributed by atoms with Gasteiger partial charge in [-0.3, -0.25) is 0 Å². The Hall–Kier alpha value is -1.90. The van der Waals surface area contributed by atoms with Crippen molar-refractivity contribution >= 4 is 11.7 Å². The van der Waals surface area contributed by atoms with E-state index in [0.29, 0.717) is 12.1 Å². The van der Waals surface area contributed by atoms with Crippen LogP contribution in [0, 0.1) is 0 Å². The molecule has 0 saturated heterocycles. The lowest BCUT2D eigenvalue weighted by Gasteiger charge is -2.05. The van der Waals surface area contributed by atoms with E-state index >= 15 is 0 Å². The van der Waals surface area contributed by atoms with Crippen molar-refractivity contribution in [2.24, 2.45) is 5.16 Å². The number of hydrogen-bond donors (Lipinski definition) is 0. The van der Waals surface area contributed by atoms with Crippen molar-refractivity contribution in [3.8, 4) is 0 Å². The molecule has 0 atom stereocenters. The minimum absolute atomic E-state index is 0.421. The van der Waals surface area contributed by atoms with Crippen LogP contribution in [0.5, 0.6) is 0 Å². The zero-order valence-corrected chi connectivity index (χ0v) is 9.56. The maximum Gasteiger partial charge on any atom is 0.331 e. The average molecular weight is 217 g/mol. The molecule has 0 amide bonds. The second-order valence-electron chi connectivity index (χ2n) is 3.62. The molecule has 3 heteroatoms. The van der Waals surface area contributed by atoms with Gasteiger partial charge in [-0.05, 0) is 12.5 Å². The van der Waals surface area contributed by atoms with E-state index in [2.05, 4.69) is 16.6 Å². The van der Waals surface area contributed by atoms with Gasteiger partial charge in [0, 0.05) is 13.3 Å². The molecule has 84 valence electrons. The van der Waals surface area contributed by atoms with Gasteiger partial charge in [0.2, 0.25) is 0 Å². The SMILES string of the molecule is C=C(C)C/C(=N\OC(C)=O)c1ccccc1. The molecule has 0 unspecified atom stereocenters. The number of nitrogens with zero attached hydrogens (tertiary/aromatic N) is 1. The number of carbonyl (C=O) groups is 1. The van der Waals surface area contributed by atoms with Gasteiger partial charge in [0.25, 0.3) is 0 Å². The first-order chi connectivity index (χ1) is 7.59. The first-order valence-electron chi connectivity index (χ1n) is 5.04. The van der Waals surface area contributed by atoms with E-state index in [-0.39, 0.29) is 0 Å². The van der Waals surface area contributed by atoms with E-state index in [0.717, 1.165) is 11.1 Å². The van der Waals surface area contributed by atoms with Crippen molar-refractivity contribution < 1.29 is 9.63 Å². The van der Waals surface area contributed by atoms with Crippen LogP contribution in [-0.4, -0.2) is 11.7 Å². The summed E-state index contributed by atoms with van der Waals surface area (Å²) in [5, 5.41) is 3.84. The first-order valence-corrected chi connectivity index (χ1v) is 5.04. The Morgan fingerprint density at radius 1 is 1.31 bits per heavy atom. The van der Waals surface area contributed by atoms with Crippen LogP contribution in [0.15, 0.2) is 47.6 Å². The molecule has 1 aromatic rings. The first kappa shape index (κ1) is 12.2. The average Bonchev–Trinajstić information content (AvgIpc) is 2.25. The Labute approximate surface area is 95.4 Å². The fourth-order valence-electron chi connectivity index (χ4n) is 1.22. The van der Waals surface area contributed by atoms with Crippen molar-refractivity contribution in [3.05, 3.63) is 48.0 Å². The minimum Gasteiger partial charge on any atom is -0.318 e. The van der Waals surface area contributed by atoms with Crippen LogP contribution in [0.1, 0.15) is 25.8 Å². The van der Waals surface area contributed by atoms with Crippen molar-refractivity contribution in [1.29, 1.82) is 0 Å². The molecule has 16 heavy (non-hydrogen) atoms. The maximum absolute atomic E-state index is 10.7. The summed E-state index contributed by atoms with van der Waals surface area (Å²) in [6, 6.07) is 9.60. The summed E-state index contributed by atoms with van der Waals surface area (Å²) in [5.41, 5.74) is 2.62. The van der Waals surface area contributed by atoms with Crippen LogP contribution in [0.25, 0.3) is 0 Å². The Bertz CT molecular complexity index is 407. The van der Waals surface area contributed by atoms with E-state index in [1.165, 1.54) is 6.92 Å². The summed E-state index contributed by atoms with van der Waals surface area (Å²) in [6.45, 7) is 7.06. The van der Waals surface area contributed by atoms with Gasteiger partial charge >= 0.3 is 5.97 Å². The Balaban J connectivity index is 2.91. The fourth-order valence-corrected chi connectivity index (χ4v) is 1.22. The van der Waals surface area contributed by atoms with Gasteiger partial charge in [-0.1, -0.05) is 47.6 Å². The zero-order valence-electron chi connectivity index (χ0n) is 9.56. The lowest BCUT2D eigenvalue weighted by atomic mass is 10.0. The lowest BCUT2D eigenvalue weighted by Crippen LogP contribution is -2.04. The van der Waals surface area contributed by atoms with Gasteiger partial charge in [0.1, 0.15) is 0 Å². The zero-order chi connectivity index (χ0) is 12.0. The standard InChI is InChI=1S/C13H15NO2/c1-10(2)9-13(14-16-11(3)15)12-7-5-4-6-8-12/h4-8H,1,9H2,2-3H3/b14-13+. The molecule has 1 rings (SSSR count). The van der Waals surface area contributed by atoms with Gasteiger partial charge in [-0.25, -0.2) is 4.79 Å². The highest BCUT2D eigenvalue weighted by molar-refractivity contribution is 6.01. The summed E-state index contributed by atoms with van der Waals surface area (Å²) >= 11 is 0. The summed E-state index contributed by atoms with van der Waals surface area (Å²) in [6.07, 6.45) is 0.595. The minimum atomic E-state index is -0.421. The Kier molecular flexibility index (Phi) is 4.45. The smallest absolute Gasteiger partial charge is 0.318 e. The molecular weight excluding hydrogens is 202 g/mol. The number of hydrogen-bond acceptors (Lipinski definition) is 3. The van der Waals surface area contributed by atoms with Crippen LogP contribution >= 0.6 is 0 Å². The summed E-state index contributed by atoms with van der Waals surface area (Å²) in [4.78, 5) is 15.4. The summed E-state index contributed by atoms with van der Waals surface area (Å²) < 4.78 is 0. The third-order valence-electron chi connectivity index (χ3n) is 1.86. The monoisotopic (exact) mass is 217 g/mol. The molecule has 1 aromatic carbocycles. The number of carbonyl (C=O) groups excluding carboxylic acids is 1. The van der Waals surface area contributed by atoms with Crippen LogP contribution in [0.3, 0.4) is 0 Å². The number of oxime groups is 1. The molecule has 0 fully saturated rings. The number of rotatable bonds is 4. The largest absolute Gasteiger partial charge is 0.331 e. The quantitative estimate of drug-likeness (QED) is 0.336. The molecule has 0 radical (unpaired) electrons. The normalized spacial score (nSPS) is 11.0. The van der Waals surface area contributed by atoms with Gasteiger partial charge in [-0.15, -0.1) is 0 Å². The van der Waals surface area contributed by atoms with E-state index in [9.17, 15) is 4.79 Å². The van der Waals surface area contributed by atoms with E-state index in [4.69, 9.17) is 0 Å². The second-order valence-corrected chi connectivity index (χ2v) is 3.62. The van der Waals surface area contributed by atoms with Crippen LogP contribution in [0.4, 0.5) is 0 Å². The van der Waals surface area contributed by atoms with Crippen LogP contribution < -0.4 is 0 Å². The number of benzene rings is 1. The Morgan fingerprint density at radius 3 is 2.44 bits per heavy atom. The van der Waals surface area contributed by atoms with Crippen molar-refractivity contribution in [3.63, 3.8) is 0 Å². The topological polar surface area (TPSA) is 38.7 Å². The maximum atomic E-state index is 10.7.